The van der Waals surface area contributed by atoms with Gasteiger partial charge in [0.15, 0.2) is 5.78 Å². The number of carbonyl (C=O) groups excluding carboxylic acids is 1. The lowest BCUT2D eigenvalue weighted by Gasteiger charge is -2.58. The van der Waals surface area contributed by atoms with E-state index in [1.165, 1.54) is 48.9 Å². The fraction of sp³-hybridized carbons (Fsp3) is 0.679. The molecule has 3 nitrogen and oxygen atoms in total. The SMILES string of the molecule is COCCN(C)c1ccc(C2CC3CCCC3C3CCC4=CC(=O)CCC4(C)C23)cc1. The van der Waals surface area contributed by atoms with Gasteiger partial charge in [0, 0.05) is 32.8 Å². The Labute approximate surface area is 188 Å². The molecule has 5 rings (SSSR count). The molecule has 0 saturated heterocycles. The van der Waals surface area contributed by atoms with Gasteiger partial charge in [-0.25, -0.2) is 0 Å². The molecule has 0 heterocycles. The van der Waals surface area contributed by atoms with Gasteiger partial charge in [0.05, 0.1) is 6.61 Å². The molecule has 0 spiro atoms. The van der Waals surface area contributed by atoms with Gasteiger partial charge in [-0.2, -0.15) is 0 Å². The van der Waals surface area contributed by atoms with E-state index in [-0.39, 0.29) is 5.41 Å². The average molecular weight is 422 g/mol. The zero-order chi connectivity index (χ0) is 21.6. The summed E-state index contributed by atoms with van der Waals surface area (Å²) in [6.07, 6.45) is 11.9. The van der Waals surface area contributed by atoms with E-state index in [1.54, 1.807) is 7.11 Å². The van der Waals surface area contributed by atoms with Gasteiger partial charge >= 0.3 is 0 Å². The molecule has 6 atom stereocenters. The number of ketones is 1. The normalized spacial score (nSPS) is 36.9. The van der Waals surface area contributed by atoms with Crippen LogP contribution in [-0.4, -0.2) is 33.1 Å². The molecule has 31 heavy (non-hydrogen) atoms. The molecule has 0 aromatic heterocycles. The van der Waals surface area contributed by atoms with Gasteiger partial charge in [-0.15, -0.1) is 0 Å². The van der Waals surface area contributed by atoms with Crippen LogP contribution in [0.25, 0.3) is 0 Å². The quantitative estimate of drug-likeness (QED) is 0.584. The van der Waals surface area contributed by atoms with Crippen LogP contribution < -0.4 is 4.90 Å². The zero-order valence-electron chi connectivity index (χ0n) is 19.6. The van der Waals surface area contributed by atoms with E-state index in [1.807, 2.05) is 6.08 Å². The van der Waals surface area contributed by atoms with Crippen molar-refractivity contribution in [1.82, 2.24) is 0 Å². The Hall–Kier alpha value is -1.61. The van der Waals surface area contributed by atoms with E-state index in [0.29, 0.717) is 17.6 Å². The van der Waals surface area contributed by atoms with Crippen LogP contribution in [0.2, 0.25) is 0 Å². The lowest BCUT2D eigenvalue weighted by Crippen LogP contribution is -2.50. The predicted octanol–water partition coefficient (Wildman–Crippen LogP) is 5.99. The van der Waals surface area contributed by atoms with Crippen LogP contribution in [0.3, 0.4) is 0 Å². The highest BCUT2D eigenvalue weighted by atomic mass is 16.5. The smallest absolute Gasteiger partial charge is 0.155 e. The number of carbonyl (C=O) groups is 1. The fourth-order valence-corrected chi connectivity index (χ4v) is 7.98. The Morgan fingerprint density at radius 3 is 2.68 bits per heavy atom. The van der Waals surface area contributed by atoms with Gasteiger partial charge in [0.25, 0.3) is 0 Å². The number of ether oxygens (including phenoxy) is 1. The molecule has 3 fully saturated rings. The van der Waals surface area contributed by atoms with Gasteiger partial charge in [-0.05, 0) is 90.9 Å². The number of allylic oxidation sites excluding steroid dienone is 1. The third kappa shape index (κ3) is 3.67. The molecule has 0 bridgehead atoms. The van der Waals surface area contributed by atoms with Crippen molar-refractivity contribution in [2.45, 2.75) is 64.2 Å². The summed E-state index contributed by atoms with van der Waals surface area (Å²) in [6, 6.07) is 9.44. The number of methoxy groups -OCH3 is 1. The van der Waals surface area contributed by atoms with Gasteiger partial charge in [-0.1, -0.05) is 37.5 Å². The molecule has 1 aromatic rings. The minimum absolute atomic E-state index is 0.211. The van der Waals surface area contributed by atoms with Crippen LogP contribution in [0.1, 0.15) is 69.8 Å². The third-order valence-corrected chi connectivity index (χ3v) is 9.55. The number of hydrogen-bond donors (Lipinski definition) is 0. The Kier molecular flexibility index (Phi) is 5.75. The maximum absolute atomic E-state index is 12.2. The van der Waals surface area contributed by atoms with Crippen molar-refractivity contribution in [2.24, 2.45) is 29.1 Å². The first kappa shape index (κ1) is 21.2. The average Bonchev–Trinajstić information content (AvgIpc) is 3.26. The summed E-state index contributed by atoms with van der Waals surface area (Å²) in [4.78, 5) is 14.5. The molecule has 4 aliphatic rings. The minimum Gasteiger partial charge on any atom is -0.383 e. The topological polar surface area (TPSA) is 29.5 Å². The Balaban J connectivity index is 1.48. The highest BCUT2D eigenvalue weighted by Gasteiger charge is 2.56. The van der Waals surface area contributed by atoms with Crippen molar-refractivity contribution in [3.63, 3.8) is 0 Å². The van der Waals surface area contributed by atoms with Gasteiger partial charge in [0.1, 0.15) is 0 Å². The number of hydrogen-bond acceptors (Lipinski definition) is 3. The van der Waals surface area contributed by atoms with Gasteiger partial charge < -0.3 is 9.64 Å². The fourth-order valence-electron chi connectivity index (χ4n) is 7.98. The zero-order valence-corrected chi connectivity index (χ0v) is 19.6. The molecular weight excluding hydrogens is 382 g/mol. The van der Waals surface area contributed by atoms with Crippen LogP contribution in [0, 0.1) is 29.1 Å². The van der Waals surface area contributed by atoms with E-state index in [4.69, 9.17) is 4.74 Å². The molecule has 3 heteroatoms. The van der Waals surface area contributed by atoms with Gasteiger partial charge in [-0.3, -0.25) is 4.79 Å². The van der Waals surface area contributed by atoms with E-state index in [9.17, 15) is 4.79 Å². The summed E-state index contributed by atoms with van der Waals surface area (Å²) in [5, 5.41) is 0. The molecule has 1 aromatic carbocycles. The van der Waals surface area contributed by atoms with E-state index < -0.39 is 0 Å². The molecule has 0 radical (unpaired) electrons. The maximum atomic E-state index is 12.2. The summed E-state index contributed by atoms with van der Waals surface area (Å²) in [7, 11) is 3.91. The van der Waals surface area contributed by atoms with Crippen molar-refractivity contribution < 1.29 is 9.53 Å². The number of rotatable bonds is 5. The Morgan fingerprint density at radius 1 is 1.10 bits per heavy atom. The number of benzene rings is 1. The van der Waals surface area contributed by atoms with Crippen LogP contribution in [0.15, 0.2) is 35.9 Å². The van der Waals surface area contributed by atoms with E-state index in [2.05, 4.69) is 43.1 Å². The Morgan fingerprint density at radius 2 is 1.90 bits per heavy atom. The molecule has 0 aliphatic heterocycles. The van der Waals surface area contributed by atoms with Crippen LogP contribution >= 0.6 is 0 Å². The lowest BCUT2D eigenvalue weighted by atomic mass is 9.46. The highest BCUT2D eigenvalue weighted by molar-refractivity contribution is 5.91. The lowest BCUT2D eigenvalue weighted by molar-refractivity contribution is -0.117. The number of fused-ring (bicyclic) bond motifs is 5. The minimum atomic E-state index is 0.211. The molecule has 3 saturated carbocycles. The maximum Gasteiger partial charge on any atom is 0.155 e. The second-order valence-corrected chi connectivity index (χ2v) is 11.0. The standard InChI is InChI=1S/C28H39NO2/c1-28-14-13-23(30)18-21(28)9-12-25-24-6-4-5-20(24)17-26(27(25)28)19-7-10-22(11-8-19)29(2)15-16-31-3/h7-8,10-11,18,20,24-27H,4-6,9,12-17H2,1-3H3. The first-order chi connectivity index (χ1) is 15.0. The Bertz CT molecular complexity index is 843. The van der Waals surface area contributed by atoms with Crippen LogP contribution in [-0.2, 0) is 9.53 Å². The van der Waals surface area contributed by atoms with Crippen LogP contribution in [0.5, 0.6) is 0 Å². The molecular formula is C28H39NO2. The molecule has 4 aliphatic carbocycles. The van der Waals surface area contributed by atoms with Crippen molar-refractivity contribution in [3.8, 4) is 0 Å². The van der Waals surface area contributed by atoms with Crippen molar-refractivity contribution in [3.05, 3.63) is 41.5 Å². The third-order valence-electron chi connectivity index (χ3n) is 9.55. The monoisotopic (exact) mass is 421 g/mol. The van der Waals surface area contributed by atoms with Crippen molar-refractivity contribution in [1.29, 1.82) is 0 Å². The largest absolute Gasteiger partial charge is 0.383 e. The van der Waals surface area contributed by atoms with Crippen molar-refractivity contribution >= 4 is 11.5 Å². The number of anilines is 1. The summed E-state index contributed by atoms with van der Waals surface area (Å²) >= 11 is 0. The van der Waals surface area contributed by atoms with Crippen molar-refractivity contribution in [2.75, 3.05) is 32.2 Å². The molecule has 0 amide bonds. The summed E-state index contributed by atoms with van der Waals surface area (Å²) in [5.74, 6) is 4.36. The summed E-state index contributed by atoms with van der Waals surface area (Å²) in [6.45, 7) is 4.17. The van der Waals surface area contributed by atoms with Crippen LogP contribution in [0.4, 0.5) is 5.69 Å². The first-order valence-electron chi connectivity index (χ1n) is 12.5. The van der Waals surface area contributed by atoms with E-state index in [0.717, 1.165) is 50.2 Å². The highest BCUT2D eigenvalue weighted by Crippen LogP contribution is 2.65. The number of nitrogens with zero attached hydrogens (tertiary/aromatic N) is 1. The molecule has 6 unspecified atom stereocenters. The summed E-state index contributed by atoms with van der Waals surface area (Å²) in [5.41, 5.74) is 4.49. The van der Waals surface area contributed by atoms with Gasteiger partial charge in [0.2, 0.25) is 0 Å². The second kappa shape index (κ2) is 8.39. The summed E-state index contributed by atoms with van der Waals surface area (Å²) < 4.78 is 5.25. The second-order valence-electron chi connectivity index (χ2n) is 11.0. The predicted molar refractivity (Wildman–Crippen MR) is 126 cm³/mol. The van der Waals surface area contributed by atoms with E-state index >= 15 is 0 Å². The molecule has 0 N–H and O–H groups in total. The first-order valence-corrected chi connectivity index (χ1v) is 12.5. The molecule has 168 valence electrons. The number of likely N-dealkylation sites (N-methyl/N-ethyl adjacent to an activating group) is 1.